The van der Waals surface area contributed by atoms with Crippen molar-refractivity contribution in [1.29, 1.82) is 0 Å². The van der Waals surface area contributed by atoms with Gasteiger partial charge in [-0.25, -0.2) is 4.99 Å². The van der Waals surface area contributed by atoms with Crippen LogP contribution in [0.5, 0.6) is 0 Å². The van der Waals surface area contributed by atoms with Gasteiger partial charge in [-0.2, -0.15) is 0 Å². The lowest BCUT2D eigenvalue weighted by molar-refractivity contribution is -0.110. The molecule has 0 saturated heterocycles. The predicted octanol–water partition coefficient (Wildman–Crippen LogP) is 0.721. The van der Waals surface area contributed by atoms with E-state index < -0.39 is 0 Å². The van der Waals surface area contributed by atoms with Gasteiger partial charge in [0.25, 0.3) is 0 Å². The summed E-state index contributed by atoms with van der Waals surface area (Å²) in [6.45, 7) is 3.60. The molecule has 17 heavy (non-hydrogen) atoms. The van der Waals surface area contributed by atoms with Crippen LogP contribution in [0.2, 0.25) is 0 Å². The third-order valence-corrected chi connectivity index (χ3v) is 2.63. The molecule has 5 nitrogen and oxygen atoms in total. The number of fused-ring (bicyclic) bond motifs is 1. The molecule has 1 aromatic carbocycles. The highest BCUT2D eigenvalue weighted by molar-refractivity contribution is 5.88. The molecule has 0 radical (unpaired) electrons. The number of benzene rings is 1. The van der Waals surface area contributed by atoms with E-state index in [1.54, 1.807) is 0 Å². The fourth-order valence-electron chi connectivity index (χ4n) is 1.91. The lowest BCUT2D eigenvalue weighted by Gasteiger charge is -2.15. The van der Waals surface area contributed by atoms with Crippen LogP contribution in [0.3, 0.4) is 0 Å². The average molecular weight is 232 g/mol. The van der Waals surface area contributed by atoms with E-state index in [9.17, 15) is 4.79 Å². The zero-order valence-corrected chi connectivity index (χ0v) is 10.0. The van der Waals surface area contributed by atoms with Crippen LogP contribution in [-0.2, 0) is 11.3 Å². The number of aliphatic imine (C=N–C) groups is 1. The standard InChI is InChI=1S/C12H16N4O/c1-9-3-4-11-10(5-9)6-16(2)7-12(14-11)15-13-8-17/h3-5,8H,6-7H2,1-2H3,(H,13,17)(H,14,15). The van der Waals surface area contributed by atoms with Gasteiger partial charge in [0.2, 0.25) is 6.41 Å². The van der Waals surface area contributed by atoms with Crippen LogP contribution in [0.4, 0.5) is 5.69 Å². The first-order valence-electron chi connectivity index (χ1n) is 5.50. The fraction of sp³-hybridized carbons (Fsp3) is 0.333. The van der Waals surface area contributed by atoms with Crippen molar-refractivity contribution in [2.24, 2.45) is 4.99 Å². The minimum Gasteiger partial charge on any atom is -0.295 e. The molecule has 5 heteroatoms. The molecule has 1 amide bonds. The number of carbonyl (C=O) groups excluding carboxylic acids is 1. The van der Waals surface area contributed by atoms with Crippen molar-refractivity contribution in [2.45, 2.75) is 13.5 Å². The van der Waals surface area contributed by atoms with Crippen molar-refractivity contribution in [3.63, 3.8) is 0 Å². The van der Waals surface area contributed by atoms with Crippen molar-refractivity contribution in [2.75, 3.05) is 13.6 Å². The van der Waals surface area contributed by atoms with Gasteiger partial charge in [-0.1, -0.05) is 17.7 Å². The summed E-state index contributed by atoms with van der Waals surface area (Å²) in [7, 11) is 2.02. The van der Waals surface area contributed by atoms with Crippen LogP contribution in [-0.4, -0.2) is 30.7 Å². The summed E-state index contributed by atoms with van der Waals surface area (Å²) in [4.78, 5) is 16.9. The Hall–Kier alpha value is -1.88. The van der Waals surface area contributed by atoms with E-state index in [1.807, 2.05) is 19.2 Å². The van der Waals surface area contributed by atoms with Crippen LogP contribution in [0, 0.1) is 6.92 Å². The highest BCUT2D eigenvalue weighted by Gasteiger charge is 2.13. The molecule has 2 rings (SSSR count). The topological polar surface area (TPSA) is 56.7 Å². The molecule has 1 aromatic rings. The Morgan fingerprint density at radius 3 is 3.00 bits per heavy atom. The van der Waals surface area contributed by atoms with E-state index in [-0.39, 0.29) is 0 Å². The van der Waals surface area contributed by atoms with Crippen LogP contribution >= 0.6 is 0 Å². The third-order valence-electron chi connectivity index (χ3n) is 2.63. The maximum atomic E-state index is 10.3. The molecular formula is C12H16N4O. The Morgan fingerprint density at radius 2 is 2.24 bits per heavy atom. The largest absolute Gasteiger partial charge is 0.295 e. The third kappa shape index (κ3) is 2.82. The maximum absolute atomic E-state index is 10.3. The van der Waals surface area contributed by atoms with Crippen LogP contribution in [0.25, 0.3) is 0 Å². The van der Waals surface area contributed by atoms with E-state index >= 15 is 0 Å². The molecule has 0 unspecified atom stereocenters. The molecule has 2 N–H and O–H groups in total. The summed E-state index contributed by atoms with van der Waals surface area (Å²) in [5.41, 5.74) is 8.60. The second-order valence-corrected chi connectivity index (χ2v) is 4.25. The molecule has 90 valence electrons. The Kier molecular flexibility index (Phi) is 3.39. The first-order valence-corrected chi connectivity index (χ1v) is 5.50. The zero-order chi connectivity index (χ0) is 12.3. The number of hydrogen-bond donors (Lipinski definition) is 2. The number of nitrogens with one attached hydrogen (secondary N) is 2. The average Bonchev–Trinajstić information content (AvgIpc) is 2.43. The Bertz CT molecular complexity index is 456. The van der Waals surface area contributed by atoms with Crippen molar-refractivity contribution in [3.8, 4) is 0 Å². The van der Waals surface area contributed by atoms with E-state index in [1.165, 1.54) is 11.1 Å². The first kappa shape index (κ1) is 11.6. The van der Waals surface area contributed by atoms with E-state index in [0.717, 1.165) is 18.1 Å². The summed E-state index contributed by atoms with van der Waals surface area (Å²) in [6.07, 6.45) is 0.601. The number of amides is 1. The zero-order valence-electron chi connectivity index (χ0n) is 10.0. The van der Waals surface area contributed by atoms with Crippen molar-refractivity contribution in [3.05, 3.63) is 29.3 Å². The number of aryl methyl sites for hydroxylation is 1. The second-order valence-electron chi connectivity index (χ2n) is 4.25. The summed E-state index contributed by atoms with van der Waals surface area (Å²) >= 11 is 0. The Labute approximate surface area is 101 Å². The molecule has 1 heterocycles. The summed E-state index contributed by atoms with van der Waals surface area (Å²) in [6, 6.07) is 6.19. The molecule has 0 atom stereocenters. The highest BCUT2D eigenvalue weighted by Crippen LogP contribution is 2.24. The lowest BCUT2D eigenvalue weighted by Crippen LogP contribution is -2.41. The number of likely N-dealkylation sites (N-methyl/N-ethyl adjacent to an activating group) is 1. The number of hydrogen-bond acceptors (Lipinski definition) is 4. The monoisotopic (exact) mass is 232 g/mol. The highest BCUT2D eigenvalue weighted by atomic mass is 16.1. The number of hydrazine groups is 1. The van der Waals surface area contributed by atoms with Gasteiger partial charge in [0.15, 0.2) is 0 Å². The van der Waals surface area contributed by atoms with Gasteiger partial charge < -0.3 is 0 Å². The molecule has 0 bridgehead atoms. The van der Waals surface area contributed by atoms with Crippen LogP contribution in [0.15, 0.2) is 23.2 Å². The summed E-state index contributed by atoms with van der Waals surface area (Å²) < 4.78 is 0. The predicted molar refractivity (Wildman–Crippen MR) is 66.9 cm³/mol. The second kappa shape index (κ2) is 4.97. The van der Waals surface area contributed by atoms with Gasteiger partial charge in [0, 0.05) is 6.54 Å². The number of carbonyl (C=O) groups is 1. The van der Waals surface area contributed by atoms with Gasteiger partial charge in [-0.05, 0) is 25.6 Å². The van der Waals surface area contributed by atoms with E-state index in [4.69, 9.17) is 0 Å². The normalized spacial score (nSPS) is 15.5. The van der Waals surface area contributed by atoms with E-state index in [0.29, 0.717) is 13.0 Å². The summed E-state index contributed by atoms with van der Waals surface area (Å²) in [5.74, 6) is 0.738. The SMILES string of the molecule is Cc1ccc2c(c1)CN(C)CC(NNC=O)=N2. The maximum Gasteiger partial charge on any atom is 0.225 e. The van der Waals surface area contributed by atoms with Gasteiger partial charge in [0.05, 0.1) is 12.2 Å². The molecule has 0 aliphatic carbocycles. The molecule has 1 aliphatic rings. The van der Waals surface area contributed by atoms with Crippen LogP contribution < -0.4 is 10.9 Å². The van der Waals surface area contributed by atoms with Gasteiger partial charge >= 0.3 is 0 Å². The number of rotatable bonds is 2. The smallest absolute Gasteiger partial charge is 0.225 e. The molecule has 0 spiro atoms. The van der Waals surface area contributed by atoms with Crippen molar-refractivity contribution in [1.82, 2.24) is 15.8 Å². The minimum absolute atomic E-state index is 0.601. The number of amidine groups is 1. The quantitative estimate of drug-likeness (QED) is 0.583. The van der Waals surface area contributed by atoms with Gasteiger partial charge in [0.1, 0.15) is 5.84 Å². The minimum atomic E-state index is 0.601. The molecule has 0 fully saturated rings. The van der Waals surface area contributed by atoms with Crippen molar-refractivity contribution >= 4 is 17.9 Å². The van der Waals surface area contributed by atoms with E-state index in [2.05, 4.69) is 33.7 Å². The molecular weight excluding hydrogens is 216 g/mol. The number of nitrogens with zero attached hydrogens (tertiary/aromatic N) is 2. The van der Waals surface area contributed by atoms with Gasteiger partial charge in [-0.3, -0.25) is 20.5 Å². The molecule has 1 aliphatic heterocycles. The van der Waals surface area contributed by atoms with Crippen molar-refractivity contribution < 1.29 is 4.79 Å². The Morgan fingerprint density at radius 1 is 1.41 bits per heavy atom. The fourth-order valence-corrected chi connectivity index (χ4v) is 1.91. The van der Waals surface area contributed by atoms with Crippen LogP contribution in [0.1, 0.15) is 11.1 Å². The Balaban J connectivity index is 2.31. The molecule has 0 aromatic heterocycles. The lowest BCUT2D eigenvalue weighted by atomic mass is 10.1. The van der Waals surface area contributed by atoms with Gasteiger partial charge in [-0.15, -0.1) is 0 Å². The first-order chi connectivity index (χ1) is 8.19. The molecule has 0 saturated carbocycles. The summed E-state index contributed by atoms with van der Waals surface area (Å²) in [5, 5.41) is 0.